The molecular weight excluding hydrogens is 479 g/mol. The van der Waals surface area contributed by atoms with Gasteiger partial charge in [0.15, 0.2) is 0 Å². The van der Waals surface area contributed by atoms with Crippen LogP contribution in [0.3, 0.4) is 0 Å². The maximum Gasteiger partial charge on any atom is 0.139 e. The first-order valence-corrected chi connectivity index (χ1v) is 13.5. The second kappa shape index (κ2) is 10.9. The number of piperidine rings is 1. The molecule has 1 unspecified atom stereocenters. The molecule has 8 heteroatoms. The van der Waals surface area contributed by atoms with E-state index in [-0.39, 0.29) is 5.41 Å². The van der Waals surface area contributed by atoms with Gasteiger partial charge in [0.1, 0.15) is 11.6 Å². The lowest BCUT2D eigenvalue weighted by atomic mass is 9.74. The average molecular weight is 514 g/mol. The molecule has 0 radical (unpaired) electrons. The first-order valence-electron chi connectivity index (χ1n) is 12.7. The summed E-state index contributed by atoms with van der Waals surface area (Å²) in [6.45, 7) is 3.87. The minimum absolute atomic E-state index is 0.0140. The summed E-state index contributed by atoms with van der Waals surface area (Å²) in [4.78, 5) is 6.37. The lowest BCUT2D eigenvalue weighted by molar-refractivity contribution is 0.340. The first kappa shape index (κ1) is 24.5. The average Bonchev–Trinajstić information content (AvgIpc) is 3.02. The molecule has 0 saturated carbocycles. The minimum Gasteiger partial charge on any atom is -0.369 e. The maximum atomic E-state index is 6.42. The van der Waals surface area contributed by atoms with E-state index < -0.39 is 0 Å². The lowest BCUT2D eigenvalue weighted by Crippen LogP contribution is -2.35. The smallest absolute Gasteiger partial charge is 0.139 e. The molecule has 5 rings (SSSR count). The van der Waals surface area contributed by atoms with E-state index >= 15 is 0 Å². The topological polar surface area (TPSA) is 58.9 Å². The van der Waals surface area contributed by atoms with Crippen LogP contribution >= 0.6 is 23.2 Å². The van der Waals surface area contributed by atoms with Crippen molar-refractivity contribution >= 4 is 28.9 Å². The number of anilines is 1. The van der Waals surface area contributed by atoms with Gasteiger partial charge in [0.05, 0.1) is 15.7 Å². The van der Waals surface area contributed by atoms with Crippen LogP contribution < -0.4 is 10.2 Å². The molecule has 186 valence electrons. The third-order valence-electron chi connectivity index (χ3n) is 7.81. The fourth-order valence-corrected chi connectivity index (χ4v) is 6.63. The van der Waals surface area contributed by atoms with Crippen molar-refractivity contribution in [1.29, 1.82) is 0 Å². The molecule has 0 bridgehead atoms. The molecule has 2 saturated heterocycles. The third kappa shape index (κ3) is 5.20. The second-order valence-corrected chi connectivity index (χ2v) is 10.9. The Balaban J connectivity index is 1.37. The van der Waals surface area contributed by atoms with E-state index in [2.05, 4.69) is 57.2 Å². The number of nitrogens with zero attached hydrogens (tertiary/aromatic N) is 5. The van der Waals surface area contributed by atoms with Crippen LogP contribution in [-0.2, 0) is 12.5 Å². The molecule has 0 aromatic carbocycles. The molecule has 1 aliphatic carbocycles. The normalized spacial score (nSPS) is 23.7. The maximum absolute atomic E-state index is 6.42. The van der Waals surface area contributed by atoms with Gasteiger partial charge in [0.2, 0.25) is 0 Å². The Kier molecular flexibility index (Phi) is 7.61. The van der Waals surface area contributed by atoms with Crippen LogP contribution in [0, 0.1) is 0 Å². The number of pyridine rings is 1. The Labute approximate surface area is 218 Å². The van der Waals surface area contributed by atoms with Crippen LogP contribution in [0.15, 0.2) is 48.3 Å². The highest BCUT2D eigenvalue weighted by atomic mass is 35.5. The van der Waals surface area contributed by atoms with Crippen LogP contribution in [0.2, 0.25) is 10.0 Å². The zero-order valence-corrected chi connectivity index (χ0v) is 21.9. The summed E-state index contributed by atoms with van der Waals surface area (Å²) >= 11 is 12.8. The van der Waals surface area contributed by atoms with E-state index in [1.807, 2.05) is 0 Å². The van der Waals surface area contributed by atoms with Crippen LogP contribution in [0.1, 0.15) is 62.5 Å². The molecule has 2 aromatic heterocycles. The Bertz CT molecular complexity index is 1100. The van der Waals surface area contributed by atoms with Crippen LogP contribution in [0.4, 0.5) is 5.69 Å². The van der Waals surface area contributed by atoms with Gasteiger partial charge in [0.25, 0.3) is 0 Å². The summed E-state index contributed by atoms with van der Waals surface area (Å²) in [5.41, 5.74) is 2.38. The molecule has 1 atom stereocenters. The second-order valence-electron chi connectivity index (χ2n) is 10.1. The number of hydrogen-bond acceptors (Lipinski definition) is 5. The van der Waals surface area contributed by atoms with E-state index in [1.165, 1.54) is 5.57 Å². The van der Waals surface area contributed by atoms with Gasteiger partial charge >= 0.3 is 0 Å². The predicted octanol–water partition coefficient (Wildman–Crippen LogP) is 5.74. The van der Waals surface area contributed by atoms with Crippen molar-refractivity contribution in [2.45, 2.75) is 56.3 Å². The highest BCUT2D eigenvalue weighted by Crippen LogP contribution is 2.42. The molecule has 4 heterocycles. The zero-order valence-electron chi connectivity index (χ0n) is 20.4. The summed E-state index contributed by atoms with van der Waals surface area (Å²) in [5, 5.41) is 14.5. The first-order chi connectivity index (χ1) is 17.1. The number of nitrogens with one attached hydrogen (secondary N) is 1. The summed E-state index contributed by atoms with van der Waals surface area (Å²) in [5.74, 6) is 2.63. The standard InChI is InChI=1S/C27H34Cl2N6/c1-34-25(21-9-15-35(16-10-21)24-22(28)18-31-19-23(24)29)32-33-26(34)27(11-6-13-30-14-12-27)17-20-7-4-2-3-5-8-20/h2-5,7,18-19,21,30H,6,8-17H2,1H3. The van der Waals surface area contributed by atoms with Crippen molar-refractivity contribution in [2.24, 2.45) is 7.05 Å². The van der Waals surface area contributed by atoms with Crippen molar-refractivity contribution in [3.05, 3.63) is 70.0 Å². The number of halogens is 2. The summed E-state index contributed by atoms with van der Waals surface area (Å²) < 4.78 is 2.32. The van der Waals surface area contributed by atoms with Gasteiger partial charge < -0.3 is 14.8 Å². The van der Waals surface area contributed by atoms with E-state index in [0.29, 0.717) is 16.0 Å². The number of aromatic nitrogens is 4. The third-order valence-corrected chi connectivity index (χ3v) is 8.37. The van der Waals surface area contributed by atoms with E-state index in [9.17, 15) is 0 Å². The number of rotatable bonds is 5. The molecule has 2 fully saturated rings. The quantitative estimate of drug-likeness (QED) is 0.552. The van der Waals surface area contributed by atoms with Crippen LogP contribution in [0.25, 0.3) is 0 Å². The largest absolute Gasteiger partial charge is 0.369 e. The van der Waals surface area contributed by atoms with E-state index in [0.717, 1.165) is 88.5 Å². The molecule has 2 aromatic rings. The van der Waals surface area contributed by atoms with Gasteiger partial charge in [-0.3, -0.25) is 4.98 Å². The SMILES string of the molecule is Cn1c(C2CCN(c3c(Cl)cncc3Cl)CC2)nnc1C1(CC2=CC=CC=CC2)CCCNCC1. The highest BCUT2D eigenvalue weighted by Gasteiger charge is 2.39. The van der Waals surface area contributed by atoms with Gasteiger partial charge in [-0.05, 0) is 58.0 Å². The van der Waals surface area contributed by atoms with E-state index in [1.54, 1.807) is 12.4 Å². The van der Waals surface area contributed by atoms with Crippen LogP contribution in [0.5, 0.6) is 0 Å². The van der Waals surface area contributed by atoms with Crippen LogP contribution in [-0.4, -0.2) is 45.9 Å². The van der Waals surface area contributed by atoms with Gasteiger partial charge in [-0.2, -0.15) is 0 Å². The Hall–Kier alpha value is -2.15. The van der Waals surface area contributed by atoms with Crippen molar-refractivity contribution in [3.8, 4) is 0 Å². The molecular formula is C27H34Cl2N6. The molecule has 0 spiro atoms. The molecule has 0 amide bonds. The lowest BCUT2D eigenvalue weighted by Gasteiger charge is -2.35. The number of hydrogen-bond donors (Lipinski definition) is 1. The fourth-order valence-electron chi connectivity index (χ4n) is 6.02. The van der Waals surface area contributed by atoms with Crippen molar-refractivity contribution < 1.29 is 0 Å². The Morgan fingerprint density at radius 3 is 2.63 bits per heavy atom. The predicted molar refractivity (Wildman–Crippen MR) is 143 cm³/mol. The number of allylic oxidation sites excluding steroid dienone is 6. The van der Waals surface area contributed by atoms with Gasteiger partial charge in [0, 0.05) is 43.9 Å². The summed E-state index contributed by atoms with van der Waals surface area (Å²) in [7, 11) is 2.18. The zero-order chi connectivity index (χ0) is 24.3. The van der Waals surface area contributed by atoms with Gasteiger partial charge in [-0.1, -0.05) is 59.2 Å². The van der Waals surface area contributed by atoms with Crippen molar-refractivity contribution in [1.82, 2.24) is 25.1 Å². The minimum atomic E-state index is 0.0140. The van der Waals surface area contributed by atoms with E-state index in [4.69, 9.17) is 33.4 Å². The monoisotopic (exact) mass is 512 g/mol. The summed E-state index contributed by atoms with van der Waals surface area (Å²) in [6, 6.07) is 0. The van der Waals surface area contributed by atoms with Crippen molar-refractivity contribution in [2.75, 3.05) is 31.1 Å². The highest BCUT2D eigenvalue weighted by molar-refractivity contribution is 6.38. The van der Waals surface area contributed by atoms with Gasteiger partial charge in [-0.25, -0.2) is 0 Å². The molecule has 2 aliphatic heterocycles. The summed E-state index contributed by atoms with van der Waals surface area (Å²) in [6.07, 6.45) is 21.7. The molecule has 1 N–H and O–H groups in total. The fraction of sp³-hybridized carbons (Fsp3) is 0.519. The Morgan fingerprint density at radius 2 is 1.83 bits per heavy atom. The van der Waals surface area contributed by atoms with Gasteiger partial charge in [-0.15, -0.1) is 10.2 Å². The van der Waals surface area contributed by atoms with Crippen molar-refractivity contribution in [3.63, 3.8) is 0 Å². The molecule has 6 nitrogen and oxygen atoms in total. The molecule has 35 heavy (non-hydrogen) atoms. The Morgan fingerprint density at radius 1 is 1.03 bits per heavy atom. The molecule has 3 aliphatic rings.